The quantitative estimate of drug-likeness (QED) is 0.644. The van der Waals surface area contributed by atoms with Gasteiger partial charge in [-0.3, -0.25) is 4.79 Å². The van der Waals surface area contributed by atoms with Crippen molar-refractivity contribution in [1.82, 2.24) is 0 Å². The Hall–Kier alpha value is -1.35. The Morgan fingerprint density at radius 2 is 1.85 bits per heavy atom. The Morgan fingerprint density at radius 1 is 1.15 bits per heavy atom. The Balaban J connectivity index is 2.68. The summed E-state index contributed by atoms with van der Waals surface area (Å²) in [5, 5.41) is 0. The van der Waals surface area contributed by atoms with Crippen molar-refractivity contribution in [1.29, 1.82) is 0 Å². The van der Waals surface area contributed by atoms with Crippen molar-refractivity contribution >= 4 is 5.91 Å². The van der Waals surface area contributed by atoms with Crippen molar-refractivity contribution in [2.45, 2.75) is 51.4 Å². The topological polar surface area (TPSA) is 69.1 Å². The van der Waals surface area contributed by atoms with Crippen LogP contribution in [0.1, 0.15) is 56.9 Å². The first-order chi connectivity index (χ1) is 9.69. The van der Waals surface area contributed by atoms with Crippen molar-refractivity contribution in [2.75, 3.05) is 6.54 Å². The maximum absolute atomic E-state index is 11.8. The first-order valence-corrected chi connectivity index (χ1v) is 7.73. The van der Waals surface area contributed by atoms with Crippen LogP contribution in [0.5, 0.6) is 0 Å². The first kappa shape index (κ1) is 16.7. The van der Waals surface area contributed by atoms with Gasteiger partial charge in [-0.05, 0) is 30.9 Å². The molecular weight excluding hydrogens is 248 g/mol. The summed E-state index contributed by atoms with van der Waals surface area (Å²) in [6.07, 6.45) is 6.50. The van der Waals surface area contributed by atoms with Crippen LogP contribution in [0.15, 0.2) is 30.3 Å². The average molecular weight is 276 g/mol. The van der Waals surface area contributed by atoms with E-state index in [9.17, 15) is 4.79 Å². The highest BCUT2D eigenvalue weighted by molar-refractivity contribution is 5.81. The van der Waals surface area contributed by atoms with Gasteiger partial charge in [0.25, 0.3) is 0 Å². The zero-order chi connectivity index (χ0) is 14.8. The van der Waals surface area contributed by atoms with Crippen LogP contribution < -0.4 is 11.5 Å². The number of hydrogen-bond donors (Lipinski definition) is 2. The zero-order valence-electron chi connectivity index (χ0n) is 12.6. The predicted molar refractivity (Wildman–Crippen MR) is 84.3 cm³/mol. The lowest BCUT2D eigenvalue weighted by atomic mass is 9.83. The lowest BCUT2D eigenvalue weighted by Gasteiger charge is -2.21. The highest BCUT2D eigenvalue weighted by Gasteiger charge is 2.22. The molecule has 0 saturated heterocycles. The van der Waals surface area contributed by atoms with Crippen molar-refractivity contribution in [3.05, 3.63) is 35.9 Å². The Bertz CT molecular complexity index is 378. The molecule has 0 saturated carbocycles. The van der Waals surface area contributed by atoms with Crippen LogP contribution in [0, 0.1) is 5.92 Å². The molecule has 0 aliphatic heterocycles. The molecule has 20 heavy (non-hydrogen) atoms. The van der Waals surface area contributed by atoms with Gasteiger partial charge in [0, 0.05) is 0 Å². The number of unbranched alkanes of at least 4 members (excludes halogenated alkanes) is 1. The molecule has 0 fully saturated rings. The fraction of sp³-hybridized carbons (Fsp3) is 0.588. The second-order valence-electron chi connectivity index (χ2n) is 5.54. The van der Waals surface area contributed by atoms with Gasteiger partial charge in [-0.2, -0.15) is 0 Å². The van der Waals surface area contributed by atoms with Gasteiger partial charge >= 0.3 is 0 Å². The molecule has 0 aliphatic rings. The summed E-state index contributed by atoms with van der Waals surface area (Å²) in [4.78, 5) is 11.8. The molecule has 2 unspecified atom stereocenters. The Kier molecular flexibility index (Phi) is 7.97. The SMILES string of the molecule is CCCC(CCCCN)CC(C(N)=O)c1ccccc1. The normalized spacial score (nSPS) is 13.9. The largest absolute Gasteiger partial charge is 0.369 e. The summed E-state index contributed by atoms with van der Waals surface area (Å²) in [6.45, 7) is 2.94. The molecule has 0 radical (unpaired) electrons. The van der Waals surface area contributed by atoms with E-state index in [0.29, 0.717) is 5.92 Å². The highest BCUT2D eigenvalue weighted by atomic mass is 16.1. The molecule has 0 heterocycles. The van der Waals surface area contributed by atoms with Gasteiger partial charge in [-0.15, -0.1) is 0 Å². The van der Waals surface area contributed by atoms with Crippen molar-refractivity contribution in [2.24, 2.45) is 17.4 Å². The van der Waals surface area contributed by atoms with Crippen LogP contribution in [-0.4, -0.2) is 12.5 Å². The molecule has 112 valence electrons. The molecule has 1 amide bonds. The maximum atomic E-state index is 11.8. The van der Waals surface area contributed by atoms with Crippen molar-refractivity contribution < 1.29 is 4.79 Å². The average Bonchev–Trinajstić information content (AvgIpc) is 2.45. The molecule has 1 aromatic rings. The van der Waals surface area contributed by atoms with Crippen LogP contribution in [0.3, 0.4) is 0 Å². The lowest BCUT2D eigenvalue weighted by Crippen LogP contribution is -2.24. The van der Waals surface area contributed by atoms with E-state index >= 15 is 0 Å². The van der Waals surface area contributed by atoms with Crippen LogP contribution in [0.25, 0.3) is 0 Å². The second-order valence-corrected chi connectivity index (χ2v) is 5.54. The molecule has 3 heteroatoms. The van der Waals surface area contributed by atoms with E-state index in [2.05, 4.69) is 6.92 Å². The third-order valence-electron chi connectivity index (χ3n) is 3.88. The third-order valence-corrected chi connectivity index (χ3v) is 3.88. The summed E-state index contributed by atoms with van der Waals surface area (Å²) >= 11 is 0. The maximum Gasteiger partial charge on any atom is 0.224 e. The number of primary amides is 1. The van der Waals surface area contributed by atoms with E-state index in [1.165, 1.54) is 0 Å². The molecule has 1 aromatic carbocycles. The smallest absolute Gasteiger partial charge is 0.224 e. The van der Waals surface area contributed by atoms with Crippen LogP contribution >= 0.6 is 0 Å². The summed E-state index contributed by atoms with van der Waals surface area (Å²) in [5.41, 5.74) is 12.2. The number of carbonyl (C=O) groups excluding carboxylic acids is 1. The van der Waals surface area contributed by atoms with Crippen molar-refractivity contribution in [3.8, 4) is 0 Å². The summed E-state index contributed by atoms with van der Waals surface area (Å²) in [6, 6.07) is 9.89. The van der Waals surface area contributed by atoms with Crippen LogP contribution in [-0.2, 0) is 4.79 Å². The zero-order valence-corrected chi connectivity index (χ0v) is 12.6. The van der Waals surface area contributed by atoms with Gasteiger partial charge in [0.1, 0.15) is 0 Å². The minimum absolute atomic E-state index is 0.161. The minimum Gasteiger partial charge on any atom is -0.369 e. The monoisotopic (exact) mass is 276 g/mol. The number of hydrogen-bond acceptors (Lipinski definition) is 2. The fourth-order valence-corrected chi connectivity index (χ4v) is 2.80. The lowest BCUT2D eigenvalue weighted by molar-refractivity contribution is -0.119. The van der Waals surface area contributed by atoms with Crippen molar-refractivity contribution in [3.63, 3.8) is 0 Å². The van der Waals surface area contributed by atoms with E-state index < -0.39 is 0 Å². The van der Waals surface area contributed by atoms with E-state index in [0.717, 1.165) is 50.6 Å². The number of carbonyl (C=O) groups is 1. The fourth-order valence-electron chi connectivity index (χ4n) is 2.80. The molecule has 1 rings (SSSR count). The molecule has 0 aromatic heterocycles. The number of rotatable bonds is 10. The van der Waals surface area contributed by atoms with Gasteiger partial charge in [-0.25, -0.2) is 0 Å². The summed E-state index contributed by atoms with van der Waals surface area (Å²) < 4.78 is 0. The van der Waals surface area contributed by atoms with Gasteiger partial charge in [0.2, 0.25) is 5.91 Å². The molecule has 0 bridgehead atoms. The Labute approximate surface area is 122 Å². The minimum atomic E-state index is -0.212. The van der Waals surface area contributed by atoms with Gasteiger partial charge in [0.05, 0.1) is 5.92 Å². The number of amides is 1. The van der Waals surface area contributed by atoms with Gasteiger partial charge < -0.3 is 11.5 Å². The molecule has 2 atom stereocenters. The first-order valence-electron chi connectivity index (χ1n) is 7.73. The third kappa shape index (κ3) is 5.74. The standard InChI is InChI=1S/C17H28N2O/c1-2-8-14(9-6-7-12-18)13-16(17(19)20)15-10-4-3-5-11-15/h3-5,10-11,14,16H,2,6-9,12-13,18H2,1H3,(H2,19,20). The molecule has 4 N–H and O–H groups in total. The van der Waals surface area contributed by atoms with E-state index in [4.69, 9.17) is 11.5 Å². The molecule has 0 spiro atoms. The van der Waals surface area contributed by atoms with E-state index in [-0.39, 0.29) is 11.8 Å². The highest BCUT2D eigenvalue weighted by Crippen LogP contribution is 2.29. The van der Waals surface area contributed by atoms with Gasteiger partial charge in [-0.1, -0.05) is 62.9 Å². The number of nitrogens with two attached hydrogens (primary N) is 2. The molecule has 0 aliphatic carbocycles. The second kappa shape index (κ2) is 9.54. The van der Waals surface area contributed by atoms with Gasteiger partial charge in [0.15, 0.2) is 0 Å². The van der Waals surface area contributed by atoms with Crippen LogP contribution in [0.2, 0.25) is 0 Å². The van der Waals surface area contributed by atoms with E-state index in [1.54, 1.807) is 0 Å². The predicted octanol–water partition coefficient (Wildman–Crippen LogP) is 3.19. The van der Waals surface area contributed by atoms with E-state index in [1.807, 2.05) is 30.3 Å². The van der Waals surface area contributed by atoms with Crippen LogP contribution in [0.4, 0.5) is 0 Å². The molecular formula is C17H28N2O. The molecule has 3 nitrogen and oxygen atoms in total. The summed E-state index contributed by atoms with van der Waals surface area (Å²) in [7, 11) is 0. The Morgan fingerprint density at radius 3 is 2.40 bits per heavy atom. The number of benzene rings is 1. The summed E-state index contributed by atoms with van der Waals surface area (Å²) in [5.74, 6) is 0.186.